The van der Waals surface area contributed by atoms with Gasteiger partial charge in [-0.05, 0) is 28.3 Å². The van der Waals surface area contributed by atoms with E-state index in [0.29, 0.717) is 5.92 Å². The molecule has 1 heterocycles. The third kappa shape index (κ3) is 2.98. The van der Waals surface area contributed by atoms with Gasteiger partial charge >= 0.3 is 0 Å². The second-order valence-electron chi connectivity index (χ2n) is 7.51. The van der Waals surface area contributed by atoms with Crippen molar-refractivity contribution in [1.82, 2.24) is 0 Å². The Labute approximate surface area is 208 Å². The van der Waals surface area contributed by atoms with Crippen LogP contribution in [0.15, 0.2) is 72.8 Å². The number of hydrogen-bond donors (Lipinski definition) is 0. The molecule has 1 aliphatic carbocycles. The molecule has 0 nitrogen and oxygen atoms in total. The fraction of sp³-hybridized carbons (Fsp3) is 0.125. The molecule has 0 aromatic heterocycles. The Morgan fingerprint density at radius 1 is 0.828 bits per heavy atom. The maximum absolute atomic E-state index is 7.04. The molecule has 0 fully saturated rings. The SMILES string of the molecule is CC[Si]1(Cl)c2[cH-]c3cccc(C4c5ccccc5-c5ccccc54)c3c21.[Cl-].[Cl-].[Hf]. The topological polar surface area (TPSA) is 0 Å². The Morgan fingerprint density at radius 2 is 1.38 bits per heavy atom. The molecule has 4 aromatic carbocycles. The van der Waals surface area contributed by atoms with Gasteiger partial charge in [0.2, 0.25) is 0 Å². The summed E-state index contributed by atoms with van der Waals surface area (Å²) in [5.74, 6) is 0.310. The number of halogens is 3. The van der Waals surface area contributed by atoms with Crippen LogP contribution in [0.4, 0.5) is 0 Å². The van der Waals surface area contributed by atoms with Gasteiger partial charge in [0.1, 0.15) is 7.38 Å². The van der Waals surface area contributed by atoms with Gasteiger partial charge in [0.05, 0.1) is 0 Å². The molecule has 1 aliphatic heterocycles. The van der Waals surface area contributed by atoms with Crippen LogP contribution in [0.2, 0.25) is 6.04 Å². The molecule has 4 aromatic rings. The molecule has 146 valence electrons. The molecule has 1 unspecified atom stereocenters. The summed E-state index contributed by atoms with van der Waals surface area (Å²) in [5.41, 5.74) is 7.04. The van der Waals surface area contributed by atoms with Gasteiger partial charge in [0, 0.05) is 31.8 Å². The average molecular weight is 619 g/mol. The van der Waals surface area contributed by atoms with E-state index in [4.69, 9.17) is 11.1 Å². The minimum Gasteiger partial charge on any atom is -1.00 e. The van der Waals surface area contributed by atoms with Crippen LogP contribution < -0.4 is 35.2 Å². The van der Waals surface area contributed by atoms with E-state index >= 15 is 0 Å². The Morgan fingerprint density at radius 3 is 1.97 bits per heavy atom. The normalized spacial score (nSPS) is 18.0. The maximum atomic E-state index is 7.04. The van der Waals surface area contributed by atoms with Gasteiger partial charge < -0.3 is 24.8 Å². The number of hydrogen-bond acceptors (Lipinski definition) is 0. The Bertz CT molecular complexity index is 1170. The van der Waals surface area contributed by atoms with Crippen LogP contribution in [-0.4, -0.2) is 7.38 Å². The minimum atomic E-state index is -1.79. The summed E-state index contributed by atoms with van der Waals surface area (Å²) in [7, 11) is -1.79. The standard InChI is InChI=1S/C24H18ClSi.2ClH.Hf/c1-2-26(25)21-14-15-8-7-13-20(22(15)24(21)26)23-18-11-5-3-9-16(18)17-10-4-6-12-19(17)23;;;/h3-14,23H,2H2,1H3;2*1H;/q-1;;;/p-2. The summed E-state index contributed by atoms with van der Waals surface area (Å²) in [6.45, 7) is 2.24. The average Bonchev–Trinajstić information content (AvgIpc) is 3.01. The summed E-state index contributed by atoms with van der Waals surface area (Å²) in [6.07, 6.45) is 0. The van der Waals surface area contributed by atoms with E-state index < -0.39 is 7.38 Å². The van der Waals surface area contributed by atoms with Crippen LogP contribution in [0.1, 0.15) is 29.5 Å². The zero-order valence-electron chi connectivity index (χ0n) is 15.8. The summed E-state index contributed by atoms with van der Waals surface area (Å²) in [6, 6.07) is 28.0. The molecular weight excluding hydrogens is 601 g/mol. The van der Waals surface area contributed by atoms with Gasteiger partial charge in [0.25, 0.3) is 0 Å². The van der Waals surface area contributed by atoms with Crippen LogP contribution in [0.5, 0.6) is 0 Å². The predicted octanol–water partition coefficient (Wildman–Crippen LogP) is -0.643. The molecule has 6 rings (SSSR count). The summed E-state index contributed by atoms with van der Waals surface area (Å²) in [5, 5.41) is 5.80. The third-order valence-corrected chi connectivity index (χ3v) is 11.6. The van der Waals surface area contributed by atoms with Crippen molar-refractivity contribution in [2.75, 3.05) is 0 Å². The van der Waals surface area contributed by atoms with E-state index in [-0.39, 0.29) is 50.7 Å². The molecule has 1 atom stereocenters. The molecule has 0 spiro atoms. The van der Waals surface area contributed by atoms with Gasteiger partial charge in [-0.15, -0.1) is 39.3 Å². The number of rotatable bonds is 2. The molecule has 0 saturated heterocycles. The molecule has 2 aliphatic rings. The number of benzene rings is 3. The van der Waals surface area contributed by atoms with Crippen LogP contribution in [0, 0.1) is 0 Å². The maximum Gasteiger partial charge on any atom is 0.146 e. The Balaban J connectivity index is 0.000000801. The van der Waals surface area contributed by atoms with Crippen molar-refractivity contribution in [3.8, 4) is 11.1 Å². The third-order valence-electron chi connectivity index (χ3n) is 6.34. The van der Waals surface area contributed by atoms with E-state index in [1.54, 1.807) is 0 Å². The summed E-state index contributed by atoms with van der Waals surface area (Å²) in [4.78, 5) is 0. The summed E-state index contributed by atoms with van der Waals surface area (Å²) < 4.78 is 0. The monoisotopic (exact) mass is 619 g/mol. The van der Waals surface area contributed by atoms with Crippen molar-refractivity contribution >= 4 is 39.6 Å². The molecule has 0 radical (unpaired) electrons. The van der Waals surface area contributed by atoms with Crippen LogP contribution in [-0.2, 0) is 25.8 Å². The first-order chi connectivity index (χ1) is 12.7. The second-order valence-corrected chi connectivity index (χ2v) is 12.8. The smallest absolute Gasteiger partial charge is 0.146 e. The molecule has 0 saturated carbocycles. The zero-order chi connectivity index (χ0) is 17.5. The summed E-state index contributed by atoms with van der Waals surface area (Å²) >= 11 is 7.04. The fourth-order valence-electron chi connectivity index (χ4n) is 5.09. The Kier molecular flexibility index (Phi) is 6.36. The van der Waals surface area contributed by atoms with Crippen LogP contribution >= 0.6 is 11.1 Å². The van der Waals surface area contributed by atoms with E-state index in [2.05, 4.69) is 79.7 Å². The van der Waals surface area contributed by atoms with Crippen molar-refractivity contribution in [3.63, 3.8) is 0 Å². The minimum absolute atomic E-state index is 0. The van der Waals surface area contributed by atoms with E-state index in [1.165, 1.54) is 49.0 Å². The Hall–Kier alpha value is -0.773. The zero-order valence-corrected chi connectivity index (χ0v) is 22.7. The van der Waals surface area contributed by atoms with Crippen LogP contribution in [0.3, 0.4) is 0 Å². The first-order valence-electron chi connectivity index (χ1n) is 9.34. The largest absolute Gasteiger partial charge is 1.00 e. The van der Waals surface area contributed by atoms with Crippen molar-refractivity contribution < 1.29 is 50.7 Å². The molecule has 5 heteroatoms. The van der Waals surface area contributed by atoms with Gasteiger partial charge in [0.15, 0.2) is 0 Å². The first-order valence-corrected chi connectivity index (χ1v) is 12.6. The molecule has 0 N–H and O–H groups in total. The molecule has 0 amide bonds. The van der Waals surface area contributed by atoms with E-state index in [9.17, 15) is 0 Å². The second kappa shape index (κ2) is 8.05. The van der Waals surface area contributed by atoms with Crippen molar-refractivity contribution in [1.29, 1.82) is 0 Å². The quantitative estimate of drug-likeness (QED) is 0.140. The molecule has 0 bridgehead atoms. The fourth-order valence-corrected chi connectivity index (χ4v) is 9.31. The van der Waals surface area contributed by atoms with Crippen molar-refractivity contribution in [2.24, 2.45) is 0 Å². The molecule has 29 heavy (non-hydrogen) atoms. The van der Waals surface area contributed by atoms with Gasteiger partial charge in [-0.1, -0.05) is 67.1 Å². The van der Waals surface area contributed by atoms with Crippen LogP contribution in [0.25, 0.3) is 21.9 Å². The van der Waals surface area contributed by atoms with Gasteiger partial charge in [-0.3, -0.25) is 0 Å². The number of fused-ring (bicyclic) bond motifs is 6. The van der Waals surface area contributed by atoms with Gasteiger partial charge in [-0.2, -0.15) is 11.1 Å². The molecular formula is C24H18Cl3HfSi-3. The van der Waals surface area contributed by atoms with E-state index in [0.717, 1.165) is 6.04 Å². The van der Waals surface area contributed by atoms with Crippen molar-refractivity contribution in [3.05, 3.63) is 89.5 Å². The predicted molar refractivity (Wildman–Crippen MR) is 114 cm³/mol. The first kappa shape index (κ1) is 22.9. The van der Waals surface area contributed by atoms with Crippen molar-refractivity contribution in [2.45, 2.75) is 18.9 Å². The van der Waals surface area contributed by atoms with E-state index in [1.807, 2.05) is 0 Å². The van der Waals surface area contributed by atoms with Gasteiger partial charge in [-0.25, -0.2) is 0 Å².